The fraction of sp³-hybridized carbons (Fsp3) is 0.667. The number of rotatable bonds is 2. The van der Waals surface area contributed by atoms with Gasteiger partial charge in [0.1, 0.15) is 0 Å². The second-order valence-corrected chi connectivity index (χ2v) is 7.45. The summed E-state index contributed by atoms with van der Waals surface area (Å²) in [5.74, 6) is 1.46. The van der Waals surface area contributed by atoms with Crippen LogP contribution >= 0.6 is 38.9 Å². The number of aryl methyl sites for hydroxylation is 1. The molecule has 0 nitrogen and oxygen atoms in total. The van der Waals surface area contributed by atoms with Gasteiger partial charge in [-0.25, -0.2) is 0 Å². The molecule has 2 rings (SSSR count). The summed E-state index contributed by atoms with van der Waals surface area (Å²) in [6, 6.07) is 2.23. The van der Waals surface area contributed by atoms with E-state index < -0.39 is 0 Å². The van der Waals surface area contributed by atoms with Crippen LogP contribution in [0, 0.1) is 18.8 Å². The smallest absolute Gasteiger partial charge is 0.0731 e. The van der Waals surface area contributed by atoms with Gasteiger partial charge in [-0.15, -0.1) is 22.9 Å². The van der Waals surface area contributed by atoms with E-state index in [9.17, 15) is 0 Å². The zero-order valence-electron chi connectivity index (χ0n) is 9.09. The average Bonchev–Trinajstić information content (AvgIpc) is 2.74. The molecule has 0 amide bonds. The van der Waals surface area contributed by atoms with E-state index in [1.165, 1.54) is 33.5 Å². The van der Waals surface area contributed by atoms with Crippen LogP contribution in [-0.4, -0.2) is 0 Å². The van der Waals surface area contributed by atoms with Gasteiger partial charge in [-0.05, 0) is 52.7 Å². The minimum absolute atomic E-state index is 0.220. The predicted molar refractivity (Wildman–Crippen MR) is 71.9 cm³/mol. The summed E-state index contributed by atoms with van der Waals surface area (Å²) in [7, 11) is 0. The molecule has 0 bridgehead atoms. The Morgan fingerprint density at radius 1 is 1.53 bits per heavy atom. The molecule has 84 valence electrons. The topological polar surface area (TPSA) is 0 Å². The third-order valence-electron chi connectivity index (χ3n) is 3.45. The first-order valence-corrected chi connectivity index (χ1v) is 7.54. The maximum Gasteiger partial charge on any atom is 0.0731 e. The first kappa shape index (κ1) is 11.9. The van der Waals surface area contributed by atoms with Gasteiger partial charge in [0.05, 0.1) is 9.16 Å². The Kier molecular flexibility index (Phi) is 3.79. The van der Waals surface area contributed by atoms with Crippen LogP contribution in [-0.2, 0) is 0 Å². The Hall–Kier alpha value is 0.470. The SMILES string of the molecule is Cc1cc(C(Cl)C2CCCC2C)sc1Br. The average molecular weight is 308 g/mol. The van der Waals surface area contributed by atoms with Crippen molar-refractivity contribution in [2.24, 2.45) is 11.8 Å². The first-order chi connectivity index (χ1) is 7.09. The van der Waals surface area contributed by atoms with Gasteiger partial charge in [-0.1, -0.05) is 19.8 Å². The van der Waals surface area contributed by atoms with Crippen LogP contribution in [0.15, 0.2) is 9.85 Å². The summed E-state index contributed by atoms with van der Waals surface area (Å²) < 4.78 is 1.23. The molecular weight excluding hydrogens is 292 g/mol. The summed E-state index contributed by atoms with van der Waals surface area (Å²) in [6.07, 6.45) is 3.99. The number of hydrogen-bond donors (Lipinski definition) is 0. The lowest BCUT2D eigenvalue weighted by atomic mass is 9.93. The maximum atomic E-state index is 6.58. The largest absolute Gasteiger partial charge is 0.131 e. The summed E-state index contributed by atoms with van der Waals surface area (Å²) in [4.78, 5) is 1.33. The van der Waals surface area contributed by atoms with Gasteiger partial charge in [0.2, 0.25) is 0 Å². The van der Waals surface area contributed by atoms with Crippen molar-refractivity contribution in [2.75, 3.05) is 0 Å². The van der Waals surface area contributed by atoms with Crippen LogP contribution < -0.4 is 0 Å². The highest BCUT2D eigenvalue weighted by atomic mass is 79.9. The standard InChI is InChI=1S/C12H16BrClS/c1-7-4-3-5-9(7)11(14)10-6-8(2)12(13)15-10/h6-7,9,11H,3-5H2,1-2H3. The highest BCUT2D eigenvalue weighted by Crippen LogP contribution is 2.46. The van der Waals surface area contributed by atoms with Crippen LogP contribution in [0.3, 0.4) is 0 Å². The van der Waals surface area contributed by atoms with Gasteiger partial charge in [-0.2, -0.15) is 0 Å². The fourth-order valence-electron chi connectivity index (χ4n) is 2.44. The molecule has 1 aliphatic rings. The summed E-state index contributed by atoms with van der Waals surface area (Å²) in [5.41, 5.74) is 1.31. The van der Waals surface area contributed by atoms with E-state index in [1.807, 2.05) is 0 Å². The molecule has 1 aromatic rings. The first-order valence-electron chi connectivity index (χ1n) is 5.49. The van der Waals surface area contributed by atoms with Crippen molar-refractivity contribution in [3.05, 3.63) is 20.3 Å². The molecule has 0 N–H and O–H groups in total. The Balaban J connectivity index is 2.16. The molecule has 1 heterocycles. The third kappa shape index (κ3) is 2.42. The van der Waals surface area contributed by atoms with Crippen molar-refractivity contribution in [2.45, 2.75) is 38.5 Å². The van der Waals surface area contributed by atoms with Crippen LogP contribution in [0.25, 0.3) is 0 Å². The zero-order chi connectivity index (χ0) is 11.0. The van der Waals surface area contributed by atoms with Crippen molar-refractivity contribution in [3.63, 3.8) is 0 Å². The number of thiophene rings is 1. The predicted octanol–water partition coefficient (Wildman–Crippen LogP) is 5.54. The van der Waals surface area contributed by atoms with Crippen molar-refractivity contribution in [1.29, 1.82) is 0 Å². The van der Waals surface area contributed by atoms with Gasteiger partial charge in [0, 0.05) is 4.88 Å². The third-order valence-corrected chi connectivity index (χ3v) is 6.36. The van der Waals surface area contributed by atoms with Gasteiger partial charge >= 0.3 is 0 Å². The maximum absolute atomic E-state index is 6.58. The Morgan fingerprint density at radius 3 is 2.73 bits per heavy atom. The van der Waals surface area contributed by atoms with E-state index in [0.717, 1.165) is 5.92 Å². The van der Waals surface area contributed by atoms with Gasteiger partial charge in [0.25, 0.3) is 0 Å². The second-order valence-electron chi connectivity index (χ2n) is 4.58. The lowest BCUT2D eigenvalue weighted by molar-refractivity contribution is 0.408. The quantitative estimate of drug-likeness (QED) is 0.630. The summed E-state index contributed by atoms with van der Waals surface area (Å²) in [6.45, 7) is 4.47. The summed E-state index contributed by atoms with van der Waals surface area (Å²) in [5, 5.41) is 0.220. The van der Waals surface area contributed by atoms with Crippen molar-refractivity contribution in [3.8, 4) is 0 Å². The van der Waals surface area contributed by atoms with E-state index in [1.54, 1.807) is 11.3 Å². The molecule has 1 aliphatic carbocycles. The van der Waals surface area contributed by atoms with Crippen molar-refractivity contribution in [1.82, 2.24) is 0 Å². The molecule has 0 aromatic carbocycles. The van der Waals surface area contributed by atoms with Gasteiger partial charge in [-0.3, -0.25) is 0 Å². The minimum atomic E-state index is 0.220. The molecule has 3 unspecified atom stereocenters. The number of alkyl halides is 1. The molecule has 1 aromatic heterocycles. The second kappa shape index (κ2) is 4.77. The highest BCUT2D eigenvalue weighted by molar-refractivity contribution is 9.11. The molecule has 15 heavy (non-hydrogen) atoms. The Morgan fingerprint density at radius 2 is 2.27 bits per heavy atom. The molecule has 0 radical (unpaired) electrons. The zero-order valence-corrected chi connectivity index (χ0v) is 12.3. The lowest BCUT2D eigenvalue weighted by Gasteiger charge is -2.20. The van der Waals surface area contributed by atoms with Gasteiger partial charge in [0.15, 0.2) is 0 Å². The molecule has 0 aliphatic heterocycles. The van der Waals surface area contributed by atoms with E-state index in [-0.39, 0.29) is 5.38 Å². The fourth-order valence-corrected chi connectivity index (χ4v) is 4.64. The van der Waals surface area contributed by atoms with E-state index >= 15 is 0 Å². The van der Waals surface area contributed by atoms with Crippen LogP contribution in [0.5, 0.6) is 0 Å². The molecule has 1 fully saturated rings. The molecule has 3 heteroatoms. The van der Waals surface area contributed by atoms with E-state index in [2.05, 4.69) is 35.8 Å². The van der Waals surface area contributed by atoms with Gasteiger partial charge < -0.3 is 0 Å². The van der Waals surface area contributed by atoms with Crippen molar-refractivity contribution < 1.29 is 0 Å². The monoisotopic (exact) mass is 306 g/mol. The van der Waals surface area contributed by atoms with Crippen LogP contribution in [0.4, 0.5) is 0 Å². The lowest BCUT2D eigenvalue weighted by Crippen LogP contribution is -2.09. The normalized spacial score (nSPS) is 28.3. The number of hydrogen-bond acceptors (Lipinski definition) is 1. The highest BCUT2D eigenvalue weighted by Gasteiger charge is 2.31. The Labute approximate surface area is 109 Å². The van der Waals surface area contributed by atoms with Crippen LogP contribution in [0.2, 0.25) is 0 Å². The molecule has 0 spiro atoms. The van der Waals surface area contributed by atoms with Crippen LogP contribution in [0.1, 0.15) is 42.0 Å². The molecular formula is C12H16BrClS. The Bertz CT molecular complexity index is 328. The minimum Gasteiger partial charge on any atom is -0.131 e. The molecule has 1 saturated carbocycles. The van der Waals surface area contributed by atoms with E-state index in [4.69, 9.17) is 11.6 Å². The summed E-state index contributed by atoms with van der Waals surface area (Å²) >= 11 is 11.9. The number of halogens is 2. The van der Waals surface area contributed by atoms with E-state index in [0.29, 0.717) is 5.92 Å². The van der Waals surface area contributed by atoms with Crippen molar-refractivity contribution >= 4 is 38.9 Å². The molecule has 3 atom stereocenters. The molecule has 0 saturated heterocycles.